The highest BCUT2D eigenvalue weighted by atomic mass is 35.5. The van der Waals surface area contributed by atoms with Crippen LogP contribution in [0, 0.1) is 12.8 Å². The second-order valence-electron chi connectivity index (χ2n) is 4.32. The fourth-order valence-corrected chi connectivity index (χ4v) is 4.80. The molecule has 1 N–H and O–H groups in total. The maximum absolute atomic E-state index is 12.1. The molecule has 0 aromatic carbocycles. The Morgan fingerprint density at radius 1 is 1.61 bits per heavy atom. The van der Waals surface area contributed by atoms with Crippen LogP contribution in [0.2, 0.25) is 4.47 Å². The Morgan fingerprint density at radius 3 is 2.83 bits per heavy atom. The third kappa shape index (κ3) is 3.03. The van der Waals surface area contributed by atoms with Crippen molar-refractivity contribution in [2.75, 3.05) is 13.2 Å². The van der Waals surface area contributed by atoms with Crippen molar-refractivity contribution >= 4 is 33.0 Å². The van der Waals surface area contributed by atoms with Crippen LogP contribution in [0.1, 0.15) is 19.0 Å². The Balaban J connectivity index is 2.06. The second-order valence-corrected chi connectivity index (χ2v) is 7.86. The lowest BCUT2D eigenvalue weighted by molar-refractivity contribution is 0.107. The molecule has 18 heavy (non-hydrogen) atoms. The van der Waals surface area contributed by atoms with Gasteiger partial charge >= 0.3 is 0 Å². The lowest BCUT2D eigenvalue weighted by Gasteiger charge is -2.14. The molecule has 0 saturated carbocycles. The number of sulfonamides is 1. The minimum atomic E-state index is -3.52. The number of aromatic nitrogens is 1. The molecule has 1 aromatic heterocycles. The van der Waals surface area contributed by atoms with E-state index in [0.29, 0.717) is 18.8 Å². The summed E-state index contributed by atoms with van der Waals surface area (Å²) in [6.45, 7) is 4.68. The van der Waals surface area contributed by atoms with Gasteiger partial charge in [0.25, 0.3) is 10.0 Å². The number of hydrogen-bond acceptors (Lipinski definition) is 5. The Bertz CT molecular complexity index is 529. The Hall–Kier alpha value is -0.210. The number of ether oxygens (including phenoxy) is 1. The van der Waals surface area contributed by atoms with Gasteiger partial charge < -0.3 is 4.74 Å². The topological polar surface area (TPSA) is 68.3 Å². The summed E-state index contributed by atoms with van der Waals surface area (Å²) < 4.78 is 32.6. The quantitative estimate of drug-likeness (QED) is 0.921. The highest BCUT2D eigenvalue weighted by Gasteiger charge is 2.27. The van der Waals surface area contributed by atoms with E-state index in [0.717, 1.165) is 17.8 Å². The van der Waals surface area contributed by atoms with Crippen LogP contribution in [0.25, 0.3) is 0 Å². The van der Waals surface area contributed by atoms with E-state index in [4.69, 9.17) is 16.3 Å². The number of hydrogen-bond donors (Lipinski definition) is 1. The van der Waals surface area contributed by atoms with Crippen molar-refractivity contribution in [2.45, 2.75) is 30.6 Å². The highest BCUT2D eigenvalue weighted by molar-refractivity contribution is 7.91. The molecule has 1 fully saturated rings. The zero-order valence-corrected chi connectivity index (χ0v) is 12.5. The molecule has 102 valence electrons. The average Bonchev–Trinajstić information content (AvgIpc) is 2.82. The first-order valence-corrected chi connectivity index (χ1v) is 8.32. The van der Waals surface area contributed by atoms with Crippen molar-refractivity contribution in [3.05, 3.63) is 10.2 Å². The van der Waals surface area contributed by atoms with Gasteiger partial charge in [0.05, 0.1) is 11.8 Å². The van der Waals surface area contributed by atoms with Crippen molar-refractivity contribution in [1.82, 2.24) is 9.71 Å². The summed E-state index contributed by atoms with van der Waals surface area (Å²) >= 11 is 6.69. The predicted octanol–water partition coefficient (Wildman–Crippen LogP) is 1.81. The van der Waals surface area contributed by atoms with Gasteiger partial charge in [0.2, 0.25) is 0 Å². The summed E-state index contributed by atoms with van der Waals surface area (Å²) in [5.74, 6) is 0.225. The van der Waals surface area contributed by atoms with Gasteiger partial charge in [-0.15, -0.1) is 0 Å². The van der Waals surface area contributed by atoms with E-state index in [1.807, 2.05) is 6.92 Å². The van der Waals surface area contributed by atoms with Gasteiger partial charge in [0.1, 0.15) is 0 Å². The van der Waals surface area contributed by atoms with Gasteiger partial charge in [-0.3, -0.25) is 0 Å². The zero-order valence-electron chi connectivity index (χ0n) is 10.1. The molecule has 0 amide bonds. The summed E-state index contributed by atoms with van der Waals surface area (Å²) in [4.78, 5) is 3.91. The molecule has 0 radical (unpaired) electrons. The molecule has 1 aliphatic rings. The lowest BCUT2D eigenvalue weighted by Crippen LogP contribution is -2.31. The van der Waals surface area contributed by atoms with E-state index in [-0.39, 0.29) is 20.7 Å². The maximum Gasteiger partial charge on any atom is 0.251 e. The molecule has 1 aliphatic heterocycles. The standard InChI is InChI=1S/C10H15ClN2O3S2/c1-6-9(17-10(11)13-6)18(14,15)12-5-8-3-4-16-7(8)2/h7-8,12H,3-5H2,1-2H3. The summed E-state index contributed by atoms with van der Waals surface area (Å²) in [7, 11) is -3.52. The molecule has 2 rings (SSSR count). The van der Waals surface area contributed by atoms with Crippen LogP contribution in [-0.4, -0.2) is 32.7 Å². The molecule has 1 saturated heterocycles. The summed E-state index contributed by atoms with van der Waals surface area (Å²) in [6.07, 6.45) is 0.977. The molecular formula is C10H15ClN2O3S2. The number of rotatable bonds is 4. The van der Waals surface area contributed by atoms with Crippen LogP contribution >= 0.6 is 22.9 Å². The minimum Gasteiger partial charge on any atom is -0.378 e. The first-order chi connectivity index (χ1) is 8.40. The van der Waals surface area contributed by atoms with Crippen LogP contribution in [0.5, 0.6) is 0 Å². The van der Waals surface area contributed by atoms with Gasteiger partial charge in [-0.2, -0.15) is 0 Å². The maximum atomic E-state index is 12.1. The number of thiazole rings is 1. The Morgan fingerprint density at radius 2 is 2.33 bits per heavy atom. The number of halogens is 1. The molecule has 8 heteroatoms. The van der Waals surface area contributed by atoms with E-state index in [1.165, 1.54) is 0 Å². The first kappa shape index (κ1) is 14.2. The zero-order chi connectivity index (χ0) is 13.3. The Kier molecular flexibility index (Phi) is 4.28. The van der Waals surface area contributed by atoms with Gasteiger partial charge in [-0.05, 0) is 20.3 Å². The lowest BCUT2D eigenvalue weighted by atomic mass is 10.0. The molecule has 0 spiro atoms. The number of aryl methyl sites for hydroxylation is 1. The fourth-order valence-electron chi connectivity index (χ4n) is 1.93. The van der Waals surface area contributed by atoms with Crippen molar-refractivity contribution < 1.29 is 13.2 Å². The smallest absolute Gasteiger partial charge is 0.251 e. The van der Waals surface area contributed by atoms with Gasteiger partial charge in [0.15, 0.2) is 8.68 Å². The summed E-state index contributed by atoms with van der Waals surface area (Å²) in [6, 6.07) is 0. The predicted molar refractivity (Wildman–Crippen MR) is 70.6 cm³/mol. The third-order valence-electron chi connectivity index (χ3n) is 3.04. The normalized spacial score (nSPS) is 24.6. The van der Waals surface area contributed by atoms with E-state index in [2.05, 4.69) is 9.71 Å². The monoisotopic (exact) mass is 310 g/mol. The van der Waals surface area contributed by atoms with E-state index in [1.54, 1.807) is 6.92 Å². The van der Waals surface area contributed by atoms with Crippen LogP contribution < -0.4 is 4.72 Å². The molecule has 2 heterocycles. The van der Waals surface area contributed by atoms with Crippen LogP contribution in [0.3, 0.4) is 0 Å². The van der Waals surface area contributed by atoms with Gasteiger partial charge in [0, 0.05) is 19.1 Å². The molecular weight excluding hydrogens is 296 g/mol. The average molecular weight is 311 g/mol. The molecule has 0 bridgehead atoms. The van der Waals surface area contributed by atoms with Crippen LogP contribution in [0.15, 0.2) is 4.21 Å². The van der Waals surface area contributed by atoms with Crippen molar-refractivity contribution in [3.63, 3.8) is 0 Å². The molecule has 2 unspecified atom stereocenters. The van der Waals surface area contributed by atoms with E-state index >= 15 is 0 Å². The molecule has 2 atom stereocenters. The van der Waals surface area contributed by atoms with Crippen molar-refractivity contribution in [2.24, 2.45) is 5.92 Å². The highest BCUT2D eigenvalue weighted by Crippen LogP contribution is 2.27. The van der Waals surface area contributed by atoms with Gasteiger partial charge in [-0.1, -0.05) is 22.9 Å². The SMILES string of the molecule is Cc1nc(Cl)sc1S(=O)(=O)NCC1CCOC1C. The number of nitrogens with one attached hydrogen (secondary N) is 1. The summed E-state index contributed by atoms with van der Waals surface area (Å²) in [5, 5.41) is 0. The molecule has 5 nitrogen and oxygen atoms in total. The fraction of sp³-hybridized carbons (Fsp3) is 0.700. The molecule has 0 aliphatic carbocycles. The molecule has 1 aromatic rings. The van der Waals surface area contributed by atoms with Crippen LogP contribution in [-0.2, 0) is 14.8 Å². The third-order valence-corrected chi connectivity index (χ3v) is 6.34. The Labute approximate surface area is 116 Å². The van der Waals surface area contributed by atoms with Gasteiger partial charge in [-0.25, -0.2) is 18.1 Å². The first-order valence-electron chi connectivity index (χ1n) is 5.64. The number of nitrogens with zero attached hydrogens (tertiary/aromatic N) is 1. The second kappa shape index (κ2) is 5.42. The van der Waals surface area contributed by atoms with Crippen molar-refractivity contribution in [1.29, 1.82) is 0 Å². The minimum absolute atomic E-state index is 0.0962. The van der Waals surface area contributed by atoms with Crippen molar-refractivity contribution in [3.8, 4) is 0 Å². The van der Waals surface area contributed by atoms with E-state index < -0.39 is 10.0 Å². The largest absolute Gasteiger partial charge is 0.378 e. The van der Waals surface area contributed by atoms with Crippen LogP contribution in [0.4, 0.5) is 0 Å². The summed E-state index contributed by atoms with van der Waals surface area (Å²) in [5.41, 5.74) is 0.438. The van der Waals surface area contributed by atoms with E-state index in [9.17, 15) is 8.42 Å².